The minimum atomic E-state index is -1.79. The molecule has 1 aliphatic carbocycles. The lowest BCUT2D eigenvalue weighted by molar-refractivity contribution is -0.116. The number of benzene rings is 2. The minimum absolute atomic E-state index is 0.0582. The molecule has 1 aromatic heterocycles. The van der Waals surface area contributed by atoms with Crippen LogP contribution in [0.1, 0.15) is 95.6 Å². The molecular weight excluding hydrogens is 701 g/mol. The van der Waals surface area contributed by atoms with E-state index in [4.69, 9.17) is 14.2 Å². The van der Waals surface area contributed by atoms with Crippen molar-refractivity contribution in [2.75, 3.05) is 16.4 Å². The normalized spacial score (nSPS) is 13.1. The number of halogens is 1. The highest BCUT2D eigenvalue weighted by molar-refractivity contribution is 6.20. The molecule has 54 heavy (non-hydrogen) atoms. The highest BCUT2D eigenvalue weighted by atomic mass is 19.1. The number of hydrogen-bond donors (Lipinski definition) is 2. The van der Waals surface area contributed by atoms with E-state index in [1.807, 2.05) is 12.1 Å². The first-order valence-corrected chi connectivity index (χ1v) is 17.2. The zero-order chi connectivity index (χ0) is 40.1. The highest BCUT2D eigenvalue weighted by Gasteiger charge is 2.36. The van der Waals surface area contributed by atoms with Crippen LogP contribution in [0, 0.1) is 24.6 Å². The number of hydrogen-bond acceptors (Lipinski definition) is 10. The molecule has 1 fully saturated rings. The van der Waals surface area contributed by atoms with Crippen molar-refractivity contribution in [1.29, 1.82) is 0 Å². The maximum absolute atomic E-state index is 15.8. The maximum Gasteiger partial charge on any atom is 0.425 e. The van der Waals surface area contributed by atoms with Crippen LogP contribution in [0.5, 0.6) is 5.75 Å². The second-order valence-corrected chi connectivity index (χ2v) is 14.6. The Morgan fingerprint density at radius 1 is 0.963 bits per heavy atom. The molecule has 1 aliphatic rings. The van der Waals surface area contributed by atoms with Crippen molar-refractivity contribution in [2.24, 2.45) is 0 Å². The zero-order valence-corrected chi connectivity index (χ0v) is 31.7. The van der Waals surface area contributed by atoms with Gasteiger partial charge >= 0.3 is 18.3 Å². The smallest absolute Gasteiger partial charge is 0.425 e. The average molecular weight is 746 g/mol. The number of carboxylic acid groups (broad SMARTS) is 1. The van der Waals surface area contributed by atoms with Gasteiger partial charge in [0.05, 0.1) is 11.7 Å². The molecule has 1 unspecified atom stereocenters. The average Bonchev–Trinajstić information content (AvgIpc) is 3.90. The standard InChI is InChI=1S/C39H44FN5O9/c1-10-11-30(46)43-22(2)20-52-32-31(41-21-42-33(32)45(35(48)49)37(51)54-39(7,8)9)28-18-27(40)19-29(23(28)3)44(36(50)53-38(4,5)6)34(47)26-16-14-25(15-17-26)24-12-13-24/h14-19,21-22,24H,12-13,20H2,1-9H3,(H,43,46)(H,48,49). The van der Waals surface area contributed by atoms with Gasteiger partial charge in [0.1, 0.15) is 35.6 Å². The Balaban J connectivity index is 1.92. The van der Waals surface area contributed by atoms with Gasteiger partial charge in [-0.2, -0.15) is 4.90 Å². The summed E-state index contributed by atoms with van der Waals surface area (Å²) in [6.07, 6.45) is -1.17. The molecule has 2 aromatic carbocycles. The molecule has 0 aliphatic heterocycles. The summed E-state index contributed by atoms with van der Waals surface area (Å²) < 4.78 is 32.8. The van der Waals surface area contributed by atoms with E-state index in [0.29, 0.717) is 5.92 Å². The maximum atomic E-state index is 15.8. The van der Waals surface area contributed by atoms with Crippen molar-refractivity contribution in [3.63, 3.8) is 0 Å². The second-order valence-electron chi connectivity index (χ2n) is 14.6. The molecule has 15 heteroatoms. The van der Waals surface area contributed by atoms with Crippen LogP contribution in [-0.2, 0) is 14.3 Å². The van der Waals surface area contributed by atoms with Crippen molar-refractivity contribution in [2.45, 2.75) is 98.3 Å². The zero-order valence-electron chi connectivity index (χ0n) is 31.7. The summed E-state index contributed by atoms with van der Waals surface area (Å²) >= 11 is 0. The van der Waals surface area contributed by atoms with E-state index >= 15 is 4.39 Å². The van der Waals surface area contributed by atoms with E-state index in [-0.39, 0.29) is 39.6 Å². The molecule has 0 saturated heterocycles. The molecule has 0 spiro atoms. The first kappa shape index (κ1) is 40.7. The number of nitrogens with one attached hydrogen (secondary N) is 1. The molecule has 2 N–H and O–H groups in total. The molecule has 1 heterocycles. The van der Waals surface area contributed by atoms with Crippen LogP contribution in [0.15, 0.2) is 42.7 Å². The van der Waals surface area contributed by atoms with E-state index in [2.05, 4.69) is 27.1 Å². The molecule has 14 nitrogen and oxygen atoms in total. The fourth-order valence-electron chi connectivity index (χ4n) is 5.22. The van der Waals surface area contributed by atoms with Crippen LogP contribution in [0.3, 0.4) is 0 Å². The number of anilines is 2. The predicted octanol–water partition coefficient (Wildman–Crippen LogP) is 7.38. The van der Waals surface area contributed by atoms with Crippen LogP contribution in [0.4, 0.5) is 30.3 Å². The molecule has 4 rings (SSSR count). The third-order valence-electron chi connectivity index (χ3n) is 7.68. The van der Waals surface area contributed by atoms with Crippen LogP contribution in [0.2, 0.25) is 0 Å². The molecular formula is C39H44FN5O9. The first-order chi connectivity index (χ1) is 25.2. The number of carbonyl (C=O) groups is 5. The highest BCUT2D eigenvalue weighted by Crippen LogP contribution is 2.42. The molecule has 1 atom stereocenters. The lowest BCUT2D eigenvalue weighted by Crippen LogP contribution is -2.41. The quantitative estimate of drug-likeness (QED) is 0.209. The lowest BCUT2D eigenvalue weighted by Gasteiger charge is -2.28. The van der Waals surface area contributed by atoms with E-state index in [1.165, 1.54) is 34.6 Å². The fourth-order valence-corrected chi connectivity index (χ4v) is 5.22. The second kappa shape index (κ2) is 16.3. The summed E-state index contributed by atoms with van der Waals surface area (Å²) in [5.74, 6) is 1.90. The van der Waals surface area contributed by atoms with Gasteiger partial charge in [0.15, 0.2) is 11.6 Å². The number of ether oxygens (including phenoxy) is 3. The summed E-state index contributed by atoms with van der Waals surface area (Å²) in [6.45, 7) is 13.7. The van der Waals surface area contributed by atoms with E-state index < -0.39 is 64.7 Å². The van der Waals surface area contributed by atoms with Gasteiger partial charge in [-0.25, -0.2) is 33.6 Å². The monoisotopic (exact) mass is 745 g/mol. The Morgan fingerprint density at radius 3 is 2.09 bits per heavy atom. The van der Waals surface area contributed by atoms with E-state index in [0.717, 1.165) is 41.8 Å². The van der Waals surface area contributed by atoms with Gasteiger partial charge in [0, 0.05) is 11.1 Å². The Hall–Kier alpha value is -6.04. The molecule has 3 aromatic rings. The Kier molecular flexibility index (Phi) is 12.3. The van der Waals surface area contributed by atoms with Gasteiger partial charge < -0.3 is 24.6 Å². The largest absolute Gasteiger partial charge is 0.485 e. The van der Waals surface area contributed by atoms with Crippen LogP contribution in [-0.4, -0.2) is 69.0 Å². The Labute approximate surface area is 313 Å². The van der Waals surface area contributed by atoms with Crippen LogP contribution in [0.25, 0.3) is 11.3 Å². The number of carbonyl (C=O) groups excluding carboxylic acids is 4. The molecule has 0 radical (unpaired) electrons. The van der Waals surface area contributed by atoms with E-state index in [1.54, 1.807) is 39.8 Å². The lowest BCUT2D eigenvalue weighted by atomic mass is 10.0. The van der Waals surface area contributed by atoms with Gasteiger partial charge in [-0.05, 0) is 122 Å². The number of imide groups is 2. The predicted molar refractivity (Wildman–Crippen MR) is 197 cm³/mol. The summed E-state index contributed by atoms with van der Waals surface area (Å²) in [4.78, 5) is 75.2. The summed E-state index contributed by atoms with van der Waals surface area (Å²) in [6, 6.07) is 8.11. The SMILES string of the molecule is CC#CC(=O)NC(C)COc1c(-c2cc(F)cc(N(C(=O)OC(C)(C)C)C(=O)c3ccc(C4CC4)cc3)c2C)ncnc1N(C(=O)O)C(=O)OC(C)(C)C. The van der Waals surface area contributed by atoms with Crippen molar-refractivity contribution >= 4 is 41.6 Å². The van der Waals surface area contributed by atoms with Gasteiger partial charge in [-0.15, -0.1) is 0 Å². The van der Waals surface area contributed by atoms with Crippen molar-refractivity contribution in [3.05, 3.63) is 65.2 Å². The topological polar surface area (TPSA) is 178 Å². The third kappa shape index (κ3) is 10.3. The van der Waals surface area contributed by atoms with Gasteiger partial charge in [-0.1, -0.05) is 18.1 Å². The van der Waals surface area contributed by atoms with Crippen LogP contribution >= 0.6 is 0 Å². The molecule has 0 bridgehead atoms. The van der Waals surface area contributed by atoms with Crippen LogP contribution < -0.4 is 19.9 Å². The molecule has 1 saturated carbocycles. The number of aromatic nitrogens is 2. The molecule has 286 valence electrons. The summed E-state index contributed by atoms with van der Waals surface area (Å²) in [5.41, 5.74) is -1.33. The molecule has 5 amide bonds. The fraction of sp³-hybridized carbons (Fsp3) is 0.410. The Morgan fingerprint density at radius 2 is 1.56 bits per heavy atom. The van der Waals surface area contributed by atoms with Crippen molar-refractivity contribution in [1.82, 2.24) is 15.3 Å². The summed E-state index contributed by atoms with van der Waals surface area (Å²) in [5, 5.41) is 12.8. The van der Waals surface area contributed by atoms with Crippen molar-refractivity contribution in [3.8, 4) is 28.8 Å². The minimum Gasteiger partial charge on any atom is -0.485 e. The number of nitrogens with zero attached hydrogens (tertiary/aromatic N) is 4. The van der Waals surface area contributed by atoms with E-state index in [9.17, 15) is 29.1 Å². The van der Waals surface area contributed by atoms with Gasteiger partial charge in [0.25, 0.3) is 11.8 Å². The summed E-state index contributed by atoms with van der Waals surface area (Å²) in [7, 11) is 0. The van der Waals surface area contributed by atoms with Gasteiger partial charge in [-0.3, -0.25) is 9.59 Å². The van der Waals surface area contributed by atoms with Crippen molar-refractivity contribution < 1.29 is 47.7 Å². The Bertz CT molecular complexity index is 2010. The number of amides is 5. The third-order valence-corrected chi connectivity index (χ3v) is 7.68. The van der Waals surface area contributed by atoms with Gasteiger partial charge in [0.2, 0.25) is 0 Å². The number of rotatable bonds is 9. The first-order valence-electron chi connectivity index (χ1n) is 17.2.